The number of nitrogens with one attached hydrogen (secondary N) is 1. The van der Waals surface area contributed by atoms with Crippen LogP contribution in [0.25, 0.3) is 0 Å². The van der Waals surface area contributed by atoms with Gasteiger partial charge in [-0.2, -0.15) is 0 Å². The second-order valence-corrected chi connectivity index (χ2v) is 8.30. The topological polar surface area (TPSA) is 92.2 Å². The molecule has 0 aliphatic heterocycles. The number of halogens is 1. The molecule has 8 heteroatoms. The monoisotopic (exact) mass is 455 g/mol. The van der Waals surface area contributed by atoms with Gasteiger partial charge in [0, 0.05) is 34.0 Å². The lowest BCUT2D eigenvalue weighted by Crippen LogP contribution is -2.12. The van der Waals surface area contributed by atoms with Crippen molar-refractivity contribution in [2.24, 2.45) is 0 Å². The van der Waals surface area contributed by atoms with Gasteiger partial charge in [-0.05, 0) is 48.6 Å². The predicted octanol–water partition coefficient (Wildman–Crippen LogP) is 5.19. The van der Waals surface area contributed by atoms with Crippen LogP contribution in [0.15, 0.2) is 53.7 Å². The third-order valence-corrected chi connectivity index (χ3v) is 6.02. The number of anilines is 1. The first-order valence-corrected chi connectivity index (χ1v) is 11.2. The molecule has 0 aliphatic rings. The molecule has 2 aromatic carbocycles. The summed E-state index contributed by atoms with van der Waals surface area (Å²) in [7, 11) is 0. The smallest absolute Gasteiger partial charge is 0.307 e. The van der Waals surface area contributed by atoms with Crippen LogP contribution in [0.4, 0.5) is 5.69 Å². The Balaban J connectivity index is 1.74. The summed E-state index contributed by atoms with van der Waals surface area (Å²) in [5, 5.41) is 13.1. The van der Waals surface area contributed by atoms with Crippen LogP contribution in [0.1, 0.15) is 45.7 Å². The molecule has 6 nitrogen and oxygen atoms in total. The maximum atomic E-state index is 12.5. The summed E-state index contributed by atoms with van der Waals surface area (Å²) in [5.74, 6) is -0.620. The van der Waals surface area contributed by atoms with Gasteiger partial charge in [0.15, 0.2) is 0 Å². The van der Waals surface area contributed by atoms with E-state index in [1.807, 2.05) is 50.4 Å². The Kier molecular flexibility index (Phi) is 7.30. The van der Waals surface area contributed by atoms with Gasteiger partial charge in [-0.3, -0.25) is 9.59 Å². The Morgan fingerprint density at radius 1 is 1.19 bits per heavy atom. The normalized spacial score (nSPS) is 11.7. The molecular formula is C23H22ClN3O3S. The van der Waals surface area contributed by atoms with Gasteiger partial charge in [-0.15, -0.1) is 11.8 Å². The number of carboxylic acid groups (broad SMARTS) is 1. The number of hydrogen-bond donors (Lipinski definition) is 2. The molecule has 0 spiro atoms. The molecule has 2 N–H and O–H groups in total. The highest BCUT2D eigenvalue weighted by Gasteiger charge is 2.16. The first kappa shape index (κ1) is 22.8. The lowest BCUT2D eigenvalue weighted by molar-refractivity contribution is -0.136. The Hall–Kier alpha value is -2.90. The van der Waals surface area contributed by atoms with Crippen LogP contribution < -0.4 is 5.32 Å². The predicted molar refractivity (Wildman–Crippen MR) is 123 cm³/mol. The third kappa shape index (κ3) is 5.62. The average Bonchev–Trinajstić information content (AvgIpc) is 2.75. The number of carbonyl (C=O) groups is 2. The Morgan fingerprint density at radius 3 is 2.52 bits per heavy atom. The molecular weight excluding hydrogens is 434 g/mol. The van der Waals surface area contributed by atoms with Gasteiger partial charge in [0.1, 0.15) is 10.9 Å². The van der Waals surface area contributed by atoms with Crippen molar-refractivity contribution in [1.29, 1.82) is 0 Å². The fraction of sp³-hybridized carbons (Fsp3) is 0.217. The lowest BCUT2D eigenvalue weighted by atomic mass is 10.00. The molecule has 3 rings (SSSR count). The van der Waals surface area contributed by atoms with E-state index < -0.39 is 5.97 Å². The maximum Gasteiger partial charge on any atom is 0.307 e. The first-order valence-electron chi connectivity index (χ1n) is 9.57. The number of thioether (sulfide) groups is 1. The molecule has 0 bridgehead atoms. The van der Waals surface area contributed by atoms with Crippen LogP contribution >= 0.6 is 23.4 Å². The number of nitrogens with zero attached hydrogens (tertiary/aromatic N) is 2. The number of carboxylic acids is 1. The second-order valence-electron chi connectivity index (χ2n) is 7.10. The molecule has 0 fully saturated rings. The first-order chi connectivity index (χ1) is 14.8. The van der Waals surface area contributed by atoms with Crippen LogP contribution in [0, 0.1) is 6.92 Å². The quantitative estimate of drug-likeness (QED) is 0.376. The van der Waals surface area contributed by atoms with E-state index in [0.717, 1.165) is 11.1 Å². The lowest BCUT2D eigenvalue weighted by Gasteiger charge is -2.14. The molecule has 1 atom stereocenters. The molecule has 3 aromatic rings. The van der Waals surface area contributed by atoms with Crippen LogP contribution in [-0.2, 0) is 11.2 Å². The van der Waals surface area contributed by atoms with Crippen LogP contribution in [-0.4, -0.2) is 33.2 Å². The SMILES string of the molecule is CSc1nc(C(C)c2ccc(NC(=O)c3ccc(C)c(Cl)c3)cc2)ncc1CC(=O)O. The van der Waals surface area contributed by atoms with Crippen molar-refractivity contribution in [3.63, 3.8) is 0 Å². The molecule has 0 aliphatic carbocycles. The van der Waals surface area contributed by atoms with Gasteiger partial charge in [0.05, 0.1) is 6.42 Å². The Labute approximate surface area is 190 Å². The summed E-state index contributed by atoms with van der Waals surface area (Å²) in [6, 6.07) is 12.7. The molecule has 1 amide bonds. The van der Waals surface area contributed by atoms with Gasteiger partial charge >= 0.3 is 5.97 Å². The third-order valence-electron chi connectivity index (χ3n) is 4.87. The summed E-state index contributed by atoms with van der Waals surface area (Å²) >= 11 is 7.51. The highest BCUT2D eigenvalue weighted by atomic mass is 35.5. The number of amides is 1. The van der Waals surface area contributed by atoms with Crippen LogP contribution in [0.2, 0.25) is 5.02 Å². The zero-order chi connectivity index (χ0) is 22.5. The van der Waals surface area contributed by atoms with Gasteiger partial charge in [-0.1, -0.05) is 36.7 Å². The summed E-state index contributed by atoms with van der Waals surface area (Å²) in [5.41, 5.74) is 3.66. The summed E-state index contributed by atoms with van der Waals surface area (Å²) in [4.78, 5) is 32.4. The van der Waals surface area contributed by atoms with E-state index in [0.29, 0.717) is 32.7 Å². The van der Waals surface area contributed by atoms with E-state index in [4.69, 9.17) is 16.7 Å². The van der Waals surface area contributed by atoms with Crippen LogP contribution in [0.3, 0.4) is 0 Å². The molecule has 160 valence electrons. The van der Waals surface area contributed by atoms with E-state index in [1.165, 1.54) is 11.8 Å². The molecule has 1 aromatic heterocycles. The van der Waals surface area contributed by atoms with E-state index in [1.54, 1.807) is 18.3 Å². The number of aromatic nitrogens is 2. The Bertz CT molecular complexity index is 1120. The summed E-state index contributed by atoms with van der Waals surface area (Å²) < 4.78 is 0. The number of aliphatic carboxylic acids is 1. The number of rotatable bonds is 7. The van der Waals surface area contributed by atoms with Crippen molar-refractivity contribution in [3.8, 4) is 0 Å². The molecule has 0 radical (unpaired) electrons. The van der Waals surface area contributed by atoms with E-state index >= 15 is 0 Å². The number of benzene rings is 2. The van der Waals surface area contributed by atoms with Crippen LogP contribution in [0.5, 0.6) is 0 Å². The van der Waals surface area contributed by atoms with E-state index in [9.17, 15) is 9.59 Å². The number of hydrogen-bond acceptors (Lipinski definition) is 5. The molecule has 1 heterocycles. The fourth-order valence-corrected chi connectivity index (χ4v) is 3.77. The van der Waals surface area contributed by atoms with Gasteiger partial charge < -0.3 is 10.4 Å². The largest absolute Gasteiger partial charge is 0.481 e. The Morgan fingerprint density at radius 2 is 1.90 bits per heavy atom. The standard InChI is InChI=1S/C23H22ClN3O3S/c1-13-4-5-16(10-19(13)24)22(30)26-18-8-6-15(7-9-18)14(2)21-25-12-17(11-20(28)29)23(27-21)31-3/h4-10,12,14H,11H2,1-3H3,(H,26,30)(H,28,29). The van der Waals surface area contributed by atoms with E-state index in [-0.39, 0.29) is 18.2 Å². The highest BCUT2D eigenvalue weighted by Crippen LogP contribution is 2.26. The van der Waals surface area contributed by atoms with Crippen molar-refractivity contribution in [1.82, 2.24) is 9.97 Å². The van der Waals surface area contributed by atoms with E-state index in [2.05, 4.69) is 15.3 Å². The minimum Gasteiger partial charge on any atom is -0.481 e. The average molecular weight is 456 g/mol. The summed E-state index contributed by atoms with van der Waals surface area (Å²) in [6.45, 7) is 3.87. The van der Waals surface area contributed by atoms with Gasteiger partial charge in [-0.25, -0.2) is 9.97 Å². The molecule has 31 heavy (non-hydrogen) atoms. The molecule has 0 saturated heterocycles. The van der Waals surface area contributed by atoms with Gasteiger partial charge in [0.25, 0.3) is 5.91 Å². The van der Waals surface area contributed by atoms with Gasteiger partial charge in [0.2, 0.25) is 0 Å². The molecule has 0 saturated carbocycles. The maximum absolute atomic E-state index is 12.5. The van der Waals surface area contributed by atoms with Crippen molar-refractivity contribution < 1.29 is 14.7 Å². The fourth-order valence-electron chi connectivity index (χ4n) is 3.02. The van der Waals surface area contributed by atoms with Crippen molar-refractivity contribution in [2.75, 3.05) is 11.6 Å². The zero-order valence-electron chi connectivity index (χ0n) is 17.3. The molecule has 1 unspecified atom stereocenters. The highest BCUT2D eigenvalue weighted by molar-refractivity contribution is 7.98. The van der Waals surface area contributed by atoms with Crippen molar-refractivity contribution in [2.45, 2.75) is 31.2 Å². The number of aryl methyl sites for hydroxylation is 1. The minimum absolute atomic E-state index is 0.0922. The van der Waals surface area contributed by atoms with Crippen molar-refractivity contribution in [3.05, 3.63) is 81.8 Å². The second kappa shape index (κ2) is 9.94. The minimum atomic E-state index is -0.912. The number of carbonyl (C=O) groups excluding carboxylic acids is 1. The van der Waals surface area contributed by atoms with Crippen molar-refractivity contribution >= 4 is 40.9 Å². The summed E-state index contributed by atoms with van der Waals surface area (Å²) in [6.07, 6.45) is 3.34. The zero-order valence-corrected chi connectivity index (χ0v) is 18.9.